The van der Waals surface area contributed by atoms with Gasteiger partial charge in [-0.15, -0.1) is 0 Å². The molecular weight excluding hydrogens is 346 g/mol. The molecule has 2 aromatic carbocycles. The van der Waals surface area contributed by atoms with Crippen molar-refractivity contribution in [3.8, 4) is 11.5 Å². The SMILES string of the molecule is COc1ccc([N+](=O)[O-])cc1NC(=O)COc1ccc([N+](=O)[O-])c(C)c1. The number of nitro benzene ring substituents is 2. The van der Waals surface area contributed by atoms with Crippen LogP contribution in [0.15, 0.2) is 36.4 Å². The number of hydrogen-bond acceptors (Lipinski definition) is 7. The van der Waals surface area contributed by atoms with Crippen LogP contribution >= 0.6 is 0 Å². The Morgan fingerprint density at radius 1 is 1.12 bits per heavy atom. The maximum absolute atomic E-state index is 12.0. The van der Waals surface area contributed by atoms with Crippen molar-refractivity contribution in [3.63, 3.8) is 0 Å². The summed E-state index contributed by atoms with van der Waals surface area (Å²) in [5, 5.41) is 24.1. The van der Waals surface area contributed by atoms with Gasteiger partial charge < -0.3 is 14.8 Å². The molecular formula is C16H15N3O7. The molecule has 26 heavy (non-hydrogen) atoms. The first-order valence-corrected chi connectivity index (χ1v) is 7.32. The van der Waals surface area contributed by atoms with E-state index in [9.17, 15) is 25.0 Å². The zero-order valence-electron chi connectivity index (χ0n) is 13.9. The predicted molar refractivity (Wildman–Crippen MR) is 91.6 cm³/mol. The lowest BCUT2D eigenvalue weighted by molar-refractivity contribution is -0.385. The molecule has 1 amide bonds. The minimum Gasteiger partial charge on any atom is -0.495 e. The predicted octanol–water partition coefficient (Wildman–Crippen LogP) is 2.84. The third-order valence-corrected chi connectivity index (χ3v) is 3.40. The number of methoxy groups -OCH3 is 1. The van der Waals surface area contributed by atoms with Crippen molar-refractivity contribution >= 4 is 23.0 Å². The van der Waals surface area contributed by atoms with Crippen LogP contribution in [0, 0.1) is 27.2 Å². The highest BCUT2D eigenvalue weighted by Gasteiger charge is 2.15. The van der Waals surface area contributed by atoms with Gasteiger partial charge in [0.1, 0.15) is 11.5 Å². The second kappa shape index (κ2) is 7.92. The number of benzene rings is 2. The zero-order chi connectivity index (χ0) is 19.3. The van der Waals surface area contributed by atoms with E-state index in [0.29, 0.717) is 5.56 Å². The van der Waals surface area contributed by atoms with Gasteiger partial charge in [-0.05, 0) is 25.1 Å². The Balaban J connectivity index is 2.05. The summed E-state index contributed by atoms with van der Waals surface area (Å²) in [4.78, 5) is 32.5. The van der Waals surface area contributed by atoms with Gasteiger partial charge in [-0.25, -0.2) is 0 Å². The van der Waals surface area contributed by atoms with Crippen LogP contribution in [0.5, 0.6) is 11.5 Å². The lowest BCUT2D eigenvalue weighted by Gasteiger charge is -2.11. The standard InChI is InChI=1S/C16H15N3O7/c1-10-7-12(4-5-14(10)19(23)24)26-9-16(20)17-13-8-11(18(21)22)3-6-15(13)25-2/h3-8H,9H2,1-2H3,(H,17,20). The summed E-state index contributed by atoms with van der Waals surface area (Å²) in [6, 6.07) is 7.91. The van der Waals surface area contributed by atoms with Crippen LogP contribution in [0.4, 0.5) is 17.1 Å². The smallest absolute Gasteiger partial charge is 0.272 e. The highest BCUT2D eigenvalue weighted by Crippen LogP contribution is 2.29. The molecule has 10 nitrogen and oxygen atoms in total. The molecule has 2 aromatic rings. The van der Waals surface area contributed by atoms with E-state index in [1.165, 1.54) is 43.5 Å². The molecule has 1 N–H and O–H groups in total. The molecule has 0 bridgehead atoms. The van der Waals surface area contributed by atoms with Crippen LogP contribution in [0.3, 0.4) is 0 Å². The Morgan fingerprint density at radius 2 is 1.85 bits per heavy atom. The fourth-order valence-corrected chi connectivity index (χ4v) is 2.16. The molecule has 0 fully saturated rings. The van der Waals surface area contributed by atoms with Gasteiger partial charge in [0.25, 0.3) is 17.3 Å². The number of carbonyl (C=O) groups excluding carboxylic acids is 1. The van der Waals surface area contributed by atoms with Crippen LogP contribution in [0.1, 0.15) is 5.56 Å². The normalized spacial score (nSPS) is 10.1. The van der Waals surface area contributed by atoms with Crippen LogP contribution < -0.4 is 14.8 Å². The minimum atomic E-state index is -0.592. The Kier molecular flexibility index (Phi) is 5.68. The van der Waals surface area contributed by atoms with Gasteiger partial charge in [-0.3, -0.25) is 25.0 Å². The molecule has 0 unspecified atom stereocenters. The number of anilines is 1. The summed E-state index contributed by atoms with van der Waals surface area (Å²) in [5.74, 6) is -0.0239. The summed E-state index contributed by atoms with van der Waals surface area (Å²) >= 11 is 0. The third kappa shape index (κ3) is 4.44. The van der Waals surface area contributed by atoms with Crippen LogP contribution in [-0.4, -0.2) is 29.5 Å². The quantitative estimate of drug-likeness (QED) is 0.592. The number of carbonyl (C=O) groups is 1. The van der Waals surface area contributed by atoms with E-state index in [0.717, 1.165) is 0 Å². The number of nitrogens with one attached hydrogen (secondary N) is 1. The Hall–Kier alpha value is -3.69. The van der Waals surface area contributed by atoms with Crippen molar-refractivity contribution in [2.75, 3.05) is 19.0 Å². The number of nitrogens with zero attached hydrogens (tertiary/aromatic N) is 2. The van der Waals surface area contributed by atoms with Gasteiger partial charge in [0, 0.05) is 23.8 Å². The van der Waals surface area contributed by atoms with E-state index >= 15 is 0 Å². The van der Waals surface area contributed by atoms with Crippen molar-refractivity contribution in [3.05, 3.63) is 62.2 Å². The number of hydrogen-bond donors (Lipinski definition) is 1. The number of non-ortho nitro benzene ring substituents is 1. The molecule has 0 heterocycles. The Morgan fingerprint density at radius 3 is 2.42 bits per heavy atom. The second-order valence-electron chi connectivity index (χ2n) is 5.18. The fourth-order valence-electron chi connectivity index (χ4n) is 2.16. The third-order valence-electron chi connectivity index (χ3n) is 3.40. The summed E-state index contributed by atoms with van der Waals surface area (Å²) in [6.45, 7) is 1.17. The molecule has 0 spiro atoms. The number of aryl methyl sites for hydroxylation is 1. The van der Waals surface area contributed by atoms with Gasteiger partial charge in [0.05, 0.1) is 22.6 Å². The van der Waals surface area contributed by atoms with Crippen LogP contribution in [-0.2, 0) is 4.79 Å². The molecule has 0 saturated carbocycles. The topological polar surface area (TPSA) is 134 Å². The van der Waals surface area contributed by atoms with E-state index in [4.69, 9.17) is 9.47 Å². The molecule has 136 valence electrons. The molecule has 0 aliphatic rings. The highest BCUT2D eigenvalue weighted by atomic mass is 16.6. The minimum absolute atomic E-state index is 0.0527. The average Bonchev–Trinajstić information content (AvgIpc) is 2.59. The Labute approximate surface area is 147 Å². The van der Waals surface area contributed by atoms with Crippen LogP contribution in [0.2, 0.25) is 0 Å². The lowest BCUT2D eigenvalue weighted by Crippen LogP contribution is -2.20. The first kappa shape index (κ1) is 18.6. The molecule has 2 rings (SSSR count). The van der Waals surface area contributed by atoms with Gasteiger partial charge in [0.15, 0.2) is 6.61 Å². The maximum atomic E-state index is 12.0. The average molecular weight is 361 g/mol. The number of rotatable bonds is 7. The van der Waals surface area contributed by atoms with E-state index < -0.39 is 15.8 Å². The molecule has 0 radical (unpaired) electrons. The first-order valence-electron chi connectivity index (χ1n) is 7.32. The van der Waals surface area contributed by atoms with Crippen LogP contribution in [0.25, 0.3) is 0 Å². The molecule has 0 aromatic heterocycles. The van der Waals surface area contributed by atoms with E-state index in [2.05, 4.69) is 5.32 Å². The van der Waals surface area contributed by atoms with Crippen molar-refractivity contribution in [2.24, 2.45) is 0 Å². The largest absolute Gasteiger partial charge is 0.495 e. The summed E-state index contributed by atoms with van der Waals surface area (Å²) in [5.41, 5.74) is 0.277. The molecule has 0 saturated heterocycles. The Bertz CT molecular complexity index is 867. The lowest BCUT2D eigenvalue weighted by atomic mass is 10.2. The summed E-state index contributed by atoms with van der Waals surface area (Å²) in [7, 11) is 1.37. The van der Waals surface area contributed by atoms with Gasteiger partial charge in [0.2, 0.25) is 0 Å². The maximum Gasteiger partial charge on any atom is 0.272 e. The summed E-state index contributed by atoms with van der Waals surface area (Å²) in [6.07, 6.45) is 0. The van der Waals surface area contributed by atoms with Crippen molar-refractivity contribution in [2.45, 2.75) is 6.92 Å². The number of nitro groups is 2. The van der Waals surface area contributed by atoms with E-state index in [1.54, 1.807) is 6.92 Å². The zero-order valence-corrected chi connectivity index (χ0v) is 13.9. The highest BCUT2D eigenvalue weighted by molar-refractivity contribution is 5.93. The van der Waals surface area contributed by atoms with Crippen molar-refractivity contribution in [1.82, 2.24) is 0 Å². The van der Waals surface area contributed by atoms with Gasteiger partial charge in [-0.2, -0.15) is 0 Å². The monoisotopic (exact) mass is 361 g/mol. The van der Waals surface area contributed by atoms with Gasteiger partial charge in [-0.1, -0.05) is 0 Å². The fraction of sp³-hybridized carbons (Fsp3) is 0.188. The first-order chi connectivity index (χ1) is 12.3. The van der Waals surface area contributed by atoms with E-state index in [1.807, 2.05) is 0 Å². The number of ether oxygens (including phenoxy) is 2. The number of amides is 1. The summed E-state index contributed by atoms with van der Waals surface area (Å²) < 4.78 is 10.4. The van der Waals surface area contributed by atoms with Crippen molar-refractivity contribution < 1.29 is 24.1 Å². The molecule has 10 heteroatoms. The van der Waals surface area contributed by atoms with Crippen molar-refractivity contribution in [1.29, 1.82) is 0 Å². The molecule has 0 aliphatic carbocycles. The molecule has 0 atom stereocenters. The second-order valence-corrected chi connectivity index (χ2v) is 5.18. The van der Waals surface area contributed by atoms with Gasteiger partial charge >= 0.3 is 0 Å². The molecule has 0 aliphatic heterocycles. The van der Waals surface area contributed by atoms with E-state index in [-0.39, 0.29) is 35.2 Å².